The molecule has 1 fully saturated rings. The lowest BCUT2D eigenvalue weighted by molar-refractivity contribution is 0.101. The molecular weight excluding hydrogens is 298 g/mol. The summed E-state index contributed by atoms with van der Waals surface area (Å²) in [7, 11) is 0. The number of aromatic nitrogens is 1. The van der Waals surface area contributed by atoms with Crippen molar-refractivity contribution >= 4 is 17.2 Å². The maximum atomic E-state index is 12.4. The minimum absolute atomic E-state index is 0.222. The van der Waals surface area contributed by atoms with E-state index in [2.05, 4.69) is 10.7 Å². The second kappa shape index (κ2) is 6.06. The van der Waals surface area contributed by atoms with Crippen molar-refractivity contribution in [3.8, 4) is 0 Å². The van der Waals surface area contributed by atoms with E-state index in [1.807, 2.05) is 25.1 Å². The molecule has 2 N–H and O–H groups in total. The molecule has 0 radical (unpaired) electrons. The Hall–Kier alpha value is -1.92. The molecular formula is C16H19N3O2S. The van der Waals surface area contributed by atoms with E-state index in [0.29, 0.717) is 16.6 Å². The monoisotopic (exact) mass is 317 g/mol. The molecule has 5 nitrogen and oxygen atoms in total. The minimum atomic E-state index is -0.247. The standard InChI is InChI=1S/C16H19N3O2S/c1-10-8-11(2)19(15(20)9-10)18-16(21)14-6-5-13(22-14)12-4-3-7-17-12/h5-6,8-9,12,17H,3-4,7H2,1-2H3,(H,18,21). The Morgan fingerprint density at radius 2 is 2.18 bits per heavy atom. The van der Waals surface area contributed by atoms with Crippen LogP contribution in [0.4, 0.5) is 0 Å². The topological polar surface area (TPSA) is 63.1 Å². The van der Waals surface area contributed by atoms with Crippen LogP contribution in [0.5, 0.6) is 0 Å². The van der Waals surface area contributed by atoms with Gasteiger partial charge in [0.05, 0.1) is 4.88 Å². The number of rotatable bonds is 3. The highest BCUT2D eigenvalue weighted by Crippen LogP contribution is 2.29. The second-order valence-corrected chi connectivity index (χ2v) is 6.75. The van der Waals surface area contributed by atoms with Gasteiger partial charge >= 0.3 is 0 Å². The van der Waals surface area contributed by atoms with Crippen molar-refractivity contribution in [2.45, 2.75) is 32.7 Å². The van der Waals surface area contributed by atoms with Crippen molar-refractivity contribution in [1.82, 2.24) is 9.99 Å². The van der Waals surface area contributed by atoms with Crippen molar-refractivity contribution in [3.05, 3.63) is 55.6 Å². The van der Waals surface area contributed by atoms with Gasteiger partial charge in [-0.05, 0) is 57.0 Å². The zero-order chi connectivity index (χ0) is 15.7. The van der Waals surface area contributed by atoms with Crippen LogP contribution in [0.1, 0.15) is 44.7 Å². The first-order valence-electron chi connectivity index (χ1n) is 7.39. The molecule has 1 amide bonds. The molecule has 0 aromatic carbocycles. The van der Waals surface area contributed by atoms with Crippen LogP contribution in [0.3, 0.4) is 0 Å². The van der Waals surface area contributed by atoms with Gasteiger partial charge in [-0.2, -0.15) is 0 Å². The number of aryl methyl sites for hydroxylation is 2. The van der Waals surface area contributed by atoms with E-state index in [9.17, 15) is 9.59 Å². The third-order valence-corrected chi connectivity index (χ3v) is 5.03. The van der Waals surface area contributed by atoms with Crippen LogP contribution in [0.25, 0.3) is 0 Å². The maximum Gasteiger partial charge on any atom is 0.280 e. The van der Waals surface area contributed by atoms with Gasteiger partial charge in [-0.15, -0.1) is 11.3 Å². The Labute approximate surface area is 133 Å². The number of amides is 1. The summed E-state index contributed by atoms with van der Waals surface area (Å²) in [6.07, 6.45) is 2.28. The largest absolute Gasteiger partial charge is 0.309 e. The number of nitrogens with zero attached hydrogens (tertiary/aromatic N) is 1. The predicted octanol–water partition coefficient (Wildman–Crippen LogP) is 2.34. The zero-order valence-corrected chi connectivity index (χ0v) is 13.5. The summed E-state index contributed by atoms with van der Waals surface area (Å²) in [4.78, 5) is 26.1. The average molecular weight is 317 g/mol. The lowest BCUT2D eigenvalue weighted by Gasteiger charge is -2.11. The molecule has 0 saturated carbocycles. The van der Waals surface area contributed by atoms with E-state index in [0.717, 1.165) is 18.5 Å². The zero-order valence-electron chi connectivity index (χ0n) is 12.7. The van der Waals surface area contributed by atoms with E-state index in [1.165, 1.54) is 33.4 Å². The third-order valence-electron chi connectivity index (χ3n) is 3.83. The minimum Gasteiger partial charge on any atom is -0.309 e. The van der Waals surface area contributed by atoms with Crippen LogP contribution in [0.2, 0.25) is 0 Å². The smallest absolute Gasteiger partial charge is 0.280 e. The number of hydrogen-bond acceptors (Lipinski definition) is 4. The summed E-state index contributed by atoms with van der Waals surface area (Å²) in [6, 6.07) is 7.55. The van der Waals surface area contributed by atoms with Crippen molar-refractivity contribution < 1.29 is 4.79 Å². The molecule has 116 valence electrons. The molecule has 2 aromatic heterocycles. The van der Waals surface area contributed by atoms with Gasteiger partial charge in [-0.1, -0.05) is 0 Å². The van der Waals surface area contributed by atoms with E-state index in [4.69, 9.17) is 0 Å². The third kappa shape index (κ3) is 2.98. The van der Waals surface area contributed by atoms with Crippen molar-refractivity contribution in [3.63, 3.8) is 0 Å². The predicted molar refractivity (Wildman–Crippen MR) is 88.2 cm³/mol. The summed E-state index contributed by atoms with van der Waals surface area (Å²) < 4.78 is 1.29. The van der Waals surface area contributed by atoms with Crippen molar-refractivity contribution in [2.24, 2.45) is 0 Å². The second-order valence-electron chi connectivity index (χ2n) is 5.64. The molecule has 1 aliphatic heterocycles. The molecule has 1 saturated heterocycles. The molecule has 0 spiro atoms. The normalized spacial score (nSPS) is 17.6. The molecule has 6 heteroatoms. The summed E-state index contributed by atoms with van der Waals surface area (Å²) >= 11 is 1.48. The van der Waals surface area contributed by atoms with Gasteiger partial charge in [0.1, 0.15) is 0 Å². The molecule has 0 aliphatic carbocycles. The lowest BCUT2D eigenvalue weighted by atomic mass is 10.2. The number of pyridine rings is 1. The number of carbonyl (C=O) groups is 1. The maximum absolute atomic E-state index is 12.4. The first-order valence-corrected chi connectivity index (χ1v) is 8.21. The Morgan fingerprint density at radius 3 is 2.86 bits per heavy atom. The fourth-order valence-corrected chi connectivity index (χ4v) is 3.77. The van der Waals surface area contributed by atoms with Crippen LogP contribution in [-0.2, 0) is 0 Å². The van der Waals surface area contributed by atoms with Gasteiger partial charge in [0, 0.05) is 22.7 Å². The lowest BCUT2D eigenvalue weighted by Crippen LogP contribution is -2.34. The van der Waals surface area contributed by atoms with Crippen LogP contribution in [0, 0.1) is 13.8 Å². The van der Waals surface area contributed by atoms with Gasteiger partial charge in [-0.25, -0.2) is 4.68 Å². The van der Waals surface area contributed by atoms with Crippen LogP contribution in [0.15, 0.2) is 29.1 Å². The van der Waals surface area contributed by atoms with Gasteiger partial charge < -0.3 is 5.32 Å². The molecule has 2 aromatic rings. The van der Waals surface area contributed by atoms with Gasteiger partial charge in [0.25, 0.3) is 11.5 Å². The molecule has 3 rings (SSSR count). The highest BCUT2D eigenvalue weighted by molar-refractivity contribution is 7.14. The van der Waals surface area contributed by atoms with E-state index in [1.54, 1.807) is 6.92 Å². The Bertz CT molecular complexity index is 757. The number of carbonyl (C=O) groups excluding carboxylic acids is 1. The quantitative estimate of drug-likeness (QED) is 0.913. The highest BCUT2D eigenvalue weighted by atomic mass is 32.1. The molecule has 22 heavy (non-hydrogen) atoms. The Kier molecular flexibility index (Phi) is 4.13. The van der Waals surface area contributed by atoms with Crippen LogP contribution in [-0.4, -0.2) is 17.1 Å². The fourth-order valence-electron chi connectivity index (χ4n) is 2.76. The van der Waals surface area contributed by atoms with Crippen molar-refractivity contribution in [2.75, 3.05) is 12.0 Å². The van der Waals surface area contributed by atoms with E-state index in [-0.39, 0.29) is 11.5 Å². The average Bonchev–Trinajstić information content (AvgIpc) is 3.12. The van der Waals surface area contributed by atoms with Gasteiger partial charge in [0.2, 0.25) is 0 Å². The number of hydrogen-bond donors (Lipinski definition) is 2. The van der Waals surface area contributed by atoms with E-state index < -0.39 is 0 Å². The highest BCUT2D eigenvalue weighted by Gasteiger charge is 2.20. The first-order chi connectivity index (χ1) is 10.5. The van der Waals surface area contributed by atoms with Gasteiger partial charge in [0.15, 0.2) is 0 Å². The Balaban J connectivity index is 1.79. The summed E-state index contributed by atoms with van der Waals surface area (Å²) in [5.74, 6) is -0.247. The summed E-state index contributed by atoms with van der Waals surface area (Å²) in [6.45, 7) is 4.69. The van der Waals surface area contributed by atoms with Gasteiger partial charge in [-0.3, -0.25) is 15.0 Å². The first kappa shape index (κ1) is 15.0. The summed E-state index contributed by atoms with van der Waals surface area (Å²) in [5, 5.41) is 3.42. The van der Waals surface area contributed by atoms with Crippen LogP contribution >= 0.6 is 11.3 Å². The molecule has 1 atom stereocenters. The SMILES string of the molecule is Cc1cc(C)n(NC(=O)c2ccc(C3CCCN3)s2)c(=O)c1. The number of thiophene rings is 1. The summed E-state index contributed by atoms with van der Waals surface area (Å²) in [5.41, 5.74) is 4.06. The molecule has 0 bridgehead atoms. The van der Waals surface area contributed by atoms with E-state index >= 15 is 0 Å². The van der Waals surface area contributed by atoms with Crippen LogP contribution < -0.4 is 16.3 Å². The fraction of sp³-hybridized carbons (Fsp3) is 0.375. The molecule has 1 unspecified atom stereocenters. The molecule has 1 aliphatic rings. The molecule has 3 heterocycles. The Morgan fingerprint density at radius 1 is 1.36 bits per heavy atom. The number of nitrogens with one attached hydrogen (secondary N) is 2. The van der Waals surface area contributed by atoms with Crippen molar-refractivity contribution in [1.29, 1.82) is 0 Å².